The van der Waals surface area contributed by atoms with Crippen molar-refractivity contribution in [3.8, 4) is 17.3 Å². The van der Waals surface area contributed by atoms with E-state index in [0.29, 0.717) is 29.4 Å². The van der Waals surface area contributed by atoms with Gasteiger partial charge in [0.1, 0.15) is 18.5 Å². The molecule has 0 radical (unpaired) electrons. The Morgan fingerprint density at radius 1 is 1.12 bits per heavy atom. The number of nitrogens with zero attached hydrogens (tertiary/aromatic N) is 5. The predicted molar refractivity (Wildman–Crippen MR) is 120 cm³/mol. The number of hydrogen-bond donors (Lipinski definition) is 0. The first-order valence-electron chi connectivity index (χ1n) is 11.3. The fourth-order valence-electron chi connectivity index (χ4n) is 5.05. The number of ether oxygens (including phenoxy) is 1. The lowest BCUT2D eigenvalue weighted by Gasteiger charge is -2.53. The number of aromatic nitrogens is 4. The van der Waals surface area contributed by atoms with Crippen LogP contribution in [-0.4, -0.2) is 55.6 Å². The topological polar surface area (TPSA) is 81.1 Å². The molecule has 8 heteroatoms. The normalized spacial score (nSPS) is 24.0. The summed E-state index contributed by atoms with van der Waals surface area (Å²) in [7, 11) is 0. The Hall–Kier alpha value is -3.42. The molecular formula is C25H26FN5O2. The molecule has 2 saturated heterocycles. The monoisotopic (exact) mass is 447 g/mol. The molecule has 1 amide bonds. The molecule has 2 aliphatic heterocycles. The molecule has 5 heterocycles. The van der Waals surface area contributed by atoms with E-state index in [-0.39, 0.29) is 29.7 Å². The van der Waals surface area contributed by atoms with Crippen LogP contribution in [0.4, 0.5) is 4.39 Å². The quantitative estimate of drug-likeness (QED) is 0.589. The van der Waals surface area contributed by atoms with E-state index in [1.807, 2.05) is 38.1 Å². The molecule has 0 N–H and O–H groups in total. The Morgan fingerprint density at radius 3 is 2.67 bits per heavy atom. The summed E-state index contributed by atoms with van der Waals surface area (Å²) in [6.45, 7) is 3.20. The molecule has 3 aromatic rings. The van der Waals surface area contributed by atoms with Crippen LogP contribution in [-0.2, 0) is 0 Å². The number of amides is 1. The van der Waals surface area contributed by atoms with Crippen LogP contribution in [0.5, 0.6) is 5.88 Å². The predicted octanol–water partition coefficient (Wildman–Crippen LogP) is 3.96. The van der Waals surface area contributed by atoms with Gasteiger partial charge >= 0.3 is 0 Å². The summed E-state index contributed by atoms with van der Waals surface area (Å²) < 4.78 is 20.5. The van der Waals surface area contributed by atoms with Crippen LogP contribution in [0, 0.1) is 19.8 Å². The van der Waals surface area contributed by atoms with Crippen molar-refractivity contribution in [2.75, 3.05) is 6.67 Å². The minimum atomic E-state index is -0.592. The molecule has 33 heavy (non-hydrogen) atoms. The van der Waals surface area contributed by atoms with Crippen LogP contribution in [0.1, 0.15) is 41.0 Å². The average Bonchev–Trinajstić information content (AvgIpc) is 2.85. The third-order valence-electron chi connectivity index (χ3n) is 6.65. The van der Waals surface area contributed by atoms with Gasteiger partial charge in [-0.1, -0.05) is 6.07 Å². The largest absolute Gasteiger partial charge is 0.472 e. The zero-order chi connectivity index (χ0) is 22.9. The van der Waals surface area contributed by atoms with Gasteiger partial charge in [-0.05, 0) is 62.8 Å². The minimum absolute atomic E-state index is 0.0284. The van der Waals surface area contributed by atoms with Crippen molar-refractivity contribution in [1.82, 2.24) is 24.8 Å². The third kappa shape index (κ3) is 4.05. The maximum Gasteiger partial charge on any atom is 0.273 e. The minimum Gasteiger partial charge on any atom is -0.472 e. The number of halogens is 1. The van der Waals surface area contributed by atoms with Crippen molar-refractivity contribution in [2.24, 2.45) is 5.92 Å². The summed E-state index contributed by atoms with van der Waals surface area (Å²) in [5.74, 6) is 0.669. The van der Waals surface area contributed by atoms with E-state index in [1.54, 1.807) is 29.6 Å². The molecule has 2 bridgehead atoms. The number of fused-ring (bicyclic) bond motifs is 3. The van der Waals surface area contributed by atoms with Crippen LogP contribution in [0.15, 0.2) is 48.9 Å². The number of alkyl halides is 1. The van der Waals surface area contributed by atoms with Crippen LogP contribution in [0.25, 0.3) is 11.4 Å². The lowest BCUT2D eigenvalue weighted by Crippen LogP contribution is -2.65. The van der Waals surface area contributed by atoms with Gasteiger partial charge in [-0.15, -0.1) is 0 Å². The second-order valence-corrected chi connectivity index (χ2v) is 8.83. The summed E-state index contributed by atoms with van der Waals surface area (Å²) in [4.78, 5) is 33.1. The number of aryl methyl sites for hydroxylation is 2. The lowest BCUT2D eigenvalue weighted by atomic mass is 9.73. The molecule has 170 valence electrons. The zero-order valence-corrected chi connectivity index (χ0v) is 18.7. The molecule has 1 saturated carbocycles. The number of rotatable bonds is 5. The van der Waals surface area contributed by atoms with Crippen LogP contribution in [0.2, 0.25) is 0 Å². The smallest absolute Gasteiger partial charge is 0.273 e. The SMILES string of the molecule is Cc1ccc(OC2CC3CCC2N(C(=O)c2nc(C)ccc2-c2ncccn2)C3CF)nc1. The van der Waals surface area contributed by atoms with Crippen molar-refractivity contribution in [3.05, 3.63) is 65.9 Å². The molecule has 0 spiro atoms. The van der Waals surface area contributed by atoms with Crippen molar-refractivity contribution in [3.63, 3.8) is 0 Å². The maximum absolute atomic E-state index is 14.3. The van der Waals surface area contributed by atoms with Crippen molar-refractivity contribution in [2.45, 2.75) is 51.3 Å². The first-order valence-corrected chi connectivity index (χ1v) is 11.3. The van der Waals surface area contributed by atoms with E-state index in [9.17, 15) is 9.18 Å². The average molecular weight is 448 g/mol. The highest BCUT2D eigenvalue weighted by atomic mass is 19.1. The molecule has 6 rings (SSSR count). The first-order chi connectivity index (χ1) is 16.0. The van der Waals surface area contributed by atoms with Gasteiger partial charge in [0.05, 0.1) is 17.6 Å². The summed E-state index contributed by atoms with van der Waals surface area (Å²) >= 11 is 0. The van der Waals surface area contributed by atoms with Gasteiger partial charge in [0, 0.05) is 30.4 Å². The van der Waals surface area contributed by atoms with E-state index in [0.717, 1.165) is 18.4 Å². The number of hydrogen-bond acceptors (Lipinski definition) is 6. The Bertz CT molecular complexity index is 1140. The van der Waals surface area contributed by atoms with E-state index < -0.39 is 12.7 Å². The number of carbonyl (C=O) groups excluding carboxylic acids is 1. The summed E-state index contributed by atoms with van der Waals surface area (Å²) in [6, 6.07) is 8.39. The highest BCUT2D eigenvalue weighted by Gasteiger charge is 2.51. The van der Waals surface area contributed by atoms with Gasteiger partial charge in [-0.2, -0.15) is 0 Å². The van der Waals surface area contributed by atoms with Gasteiger partial charge in [0.15, 0.2) is 5.82 Å². The van der Waals surface area contributed by atoms with E-state index in [4.69, 9.17) is 4.74 Å². The molecule has 1 aliphatic carbocycles. The number of carbonyl (C=O) groups is 1. The molecule has 7 nitrogen and oxygen atoms in total. The van der Waals surface area contributed by atoms with Gasteiger partial charge in [0.25, 0.3) is 5.91 Å². The Kier molecular flexibility index (Phi) is 5.74. The van der Waals surface area contributed by atoms with Gasteiger partial charge < -0.3 is 9.64 Å². The zero-order valence-electron chi connectivity index (χ0n) is 18.7. The van der Waals surface area contributed by atoms with Gasteiger partial charge in [-0.25, -0.2) is 24.3 Å². The highest BCUT2D eigenvalue weighted by Crippen LogP contribution is 2.42. The third-order valence-corrected chi connectivity index (χ3v) is 6.65. The lowest BCUT2D eigenvalue weighted by molar-refractivity contribution is -0.0705. The highest BCUT2D eigenvalue weighted by molar-refractivity contribution is 5.98. The second kappa shape index (κ2) is 8.84. The Labute approximate surface area is 192 Å². The van der Waals surface area contributed by atoms with Crippen LogP contribution < -0.4 is 4.74 Å². The fourth-order valence-corrected chi connectivity index (χ4v) is 5.05. The molecule has 3 aromatic heterocycles. The number of pyridine rings is 2. The summed E-state index contributed by atoms with van der Waals surface area (Å²) in [5, 5.41) is 0. The Morgan fingerprint density at radius 2 is 1.94 bits per heavy atom. The molecule has 4 unspecified atom stereocenters. The fraction of sp³-hybridized carbons (Fsp3) is 0.400. The molecule has 0 aromatic carbocycles. The van der Waals surface area contributed by atoms with Gasteiger partial charge in [0.2, 0.25) is 5.88 Å². The number of piperidine rings is 2. The first kappa shape index (κ1) is 21.4. The summed E-state index contributed by atoms with van der Waals surface area (Å²) in [5.41, 5.74) is 2.54. The van der Waals surface area contributed by atoms with E-state index in [1.165, 1.54) is 0 Å². The van der Waals surface area contributed by atoms with Crippen molar-refractivity contribution >= 4 is 5.91 Å². The second-order valence-electron chi connectivity index (χ2n) is 8.83. The maximum atomic E-state index is 14.3. The van der Waals surface area contributed by atoms with Crippen LogP contribution in [0.3, 0.4) is 0 Å². The standard InChI is InChI=1S/C25H26FN5O2/c1-15-4-9-22(29-14-15)33-21-12-17-6-8-19(21)31(20(17)13-26)25(32)23-18(7-5-16(2)30-23)24-27-10-3-11-28-24/h3-5,7,9-11,14,17,19-21H,6,8,12-13H2,1-2H3. The molecular weight excluding hydrogens is 421 g/mol. The Balaban J connectivity index is 1.50. The van der Waals surface area contributed by atoms with E-state index in [2.05, 4.69) is 19.9 Å². The molecule has 4 atom stereocenters. The van der Waals surface area contributed by atoms with Gasteiger partial charge in [-0.3, -0.25) is 4.79 Å². The summed E-state index contributed by atoms with van der Waals surface area (Å²) in [6.07, 6.45) is 7.10. The van der Waals surface area contributed by atoms with Crippen molar-refractivity contribution in [1.29, 1.82) is 0 Å². The molecule has 3 aliphatic rings. The molecule has 3 fully saturated rings. The van der Waals surface area contributed by atoms with E-state index >= 15 is 0 Å². The van der Waals surface area contributed by atoms with Crippen LogP contribution >= 0.6 is 0 Å². The van der Waals surface area contributed by atoms with Crippen molar-refractivity contribution < 1.29 is 13.9 Å².